The topological polar surface area (TPSA) is 117 Å². The third-order valence-electron chi connectivity index (χ3n) is 4.91. The predicted molar refractivity (Wildman–Crippen MR) is 122 cm³/mol. The van der Waals surface area contributed by atoms with E-state index in [2.05, 4.69) is 10.1 Å². The van der Waals surface area contributed by atoms with Crippen LogP contribution in [0.5, 0.6) is 0 Å². The molecular formula is C24H37FN2O6. The lowest BCUT2D eigenvalue weighted by Gasteiger charge is -2.27. The zero-order chi connectivity index (χ0) is 25.0. The largest absolute Gasteiger partial charge is 0.469 e. The smallest absolute Gasteiger partial charge is 0.407 e. The van der Waals surface area contributed by atoms with Gasteiger partial charge in [0.2, 0.25) is 5.91 Å². The lowest BCUT2D eigenvalue weighted by Crippen LogP contribution is -2.45. The van der Waals surface area contributed by atoms with Gasteiger partial charge in [0.25, 0.3) is 0 Å². The zero-order valence-electron chi connectivity index (χ0n) is 20.2. The Balaban J connectivity index is 2.64. The average molecular weight is 469 g/mol. The van der Waals surface area contributed by atoms with Gasteiger partial charge in [0, 0.05) is 12.8 Å². The molecule has 8 nitrogen and oxygen atoms in total. The fourth-order valence-corrected chi connectivity index (χ4v) is 3.09. The van der Waals surface area contributed by atoms with Crippen LogP contribution in [0.4, 0.5) is 9.18 Å². The van der Waals surface area contributed by atoms with Gasteiger partial charge in [0.1, 0.15) is 11.4 Å². The molecule has 3 N–H and O–H groups in total. The van der Waals surface area contributed by atoms with Gasteiger partial charge in [-0.05, 0) is 70.6 Å². The molecule has 0 heterocycles. The summed E-state index contributed by atoms with van der Waals surface area (Å²) >= 11 is 0. The molecule has 1 aromatic rings. The van der Waals surface area contributed by atoms with Gasteiger partial charge >= 0.3 is 12.1 Å². The number of carbonyl (C=O) groups is 3. The molecule has 186 valence electrons. The van der Waals surface area contributed by atoms with Crippen molar-refractivity contribution in [2.75, 3.05) is 7.11 Å². The molecule has 1 rings (SSSR count). The summed E-state index contributed by atoms with van der Waals surface area (Å²) in [5.74, 6) is -1.09. The molecule has 0 fully saturated rings. The third kappa shape index (κ3) is 12.2. The van der Waals surface area contributed by atoms with E-state index in [-0.39, 0.29) is 31.2 Å². The van der Waals surface area contributed by atoms with E-state index in [4.69, 9.17) is 15.2 Å². The van der Waals surface area contributed by atoms with Crippen molar-refractivity contribution in [3.63, 3.8) is 0 Å². The SMILES string of the molecule is COC(=O)CCCCc1ccc(CO[C@H](C)[C@H](CCC(N)=O)NC(=O)OC(C)(C)C)cc1F. The molecule has 9 heteroatoms. The number of esters is 1. The lowest BCUT2D eigenvalue weighted by molar-refractivity contribution is -0.140. The molecule has 0 aliphatic carbocycles. The molecule has 0 aliphatic rings. The van der Waals surface area contributed by atoms with Crippen LogP contribution in [0.15, 0.2) is 18.2 Å². The maximum absolute atomic E-state index is 14.5. The number of carbonyl (C=O) groups excluding carboxylic acids is 3. The highest BCUT2D eigenvalue weighted by Crippen LogP contribution is 2.17. The molecule has 2 atom stereocenters. The summed E-state index contributed by atoms with van der Waals surface area (Å²) in [7, 11) is 1.34. The number of nitrogens with two attached hydrogens (primary N) is 1. The molecule has 2 amide bonds. The van der Waals surface area contributed by atoms with Crippen LogP contribution in [0.3, 0.4) is 0 Å². The number of alkyl carbamates (subject to hydrolysis) is 1. The van der Waals surface area contributed by atoms with Crippen molar-refractivity contribution in [1.29, 1.82) is 0 Å². The normalized spacial score (nSPS) is 13.2. The second kappa shape index (κ2) is 13.8. The number of halogens is 1. The van der Waals surface area contributed by atoms with Crippen molar-refractivity contribution < 1.29 is 33.0 Å². The van der Waals surface area contributed by atoms with Crippen LogP contribution in [-0.4, -0.2) is 42.8 Å². The Hall–Kier alpha value is -2.68. The maximum atomic E-state index is 14.5. The van der Waals surface area contributed by atoms with Crippen LogP contribution in [0, 0.1) is 5.82 Å². The number of ether oxygens (including phenoxy) is 3. The van der Waals surface area contributed by atoms with Gasteiger partial charge in [-0.1, -0.05) is 12.1 Å². The van der Waals surface area contributed by atoms with Gasteiger partial charge in [-0.2, -0.15) is 0 Å². The monoisotopic (exact) mass is 468 g/mol. The van der Waals surface area contributed by atoms with Crippen molar-refractivity contribution in [2.24, 2.45) is 5.73 Å². The quantitative estimate of drug-likeness (QED) is 0.336. The van der Waals surface area contributed by atoms with Gasteiger partial charge in [-0.3, -0.25) is 9.59 Å². The number of methoxy groups -OCH3 is 1. The summed E-state index contributed by atoms with van der Waals surface area (Å²) in [4.78, 5) is 34.5. The number of aryl methyl sites for hydroxylation is 1. The molecule has 0 saturated heterocycles. The minimum absolute atomic E-state index is 0.0769. The number of nitrogens with one attached hydrogen (secondary N) is 1. The van der Waals surface area contributed by atoms with Gasteiger partial charge in [0.15, 0.2) is 0 Å². The second-order valence-electron chi connectivity index (χ2n) is 8.98. The first-order valence-electron chi connectivity index (χ1n) is 11.1. The predicted octanol–water partition coefficient (Wildman–Crippen LogP) is 3.78. The average Bonchev–Trinajstić information content (AvgIpc) is 2.71. The van der Waals surface area contributed by atoms with Crippen LogP contribution < -0.4 is 11.1 Å². The van der Waals surface area contributed by atoms with Crippen LogP contribution in [0.1, 0.15) is 70.9 Å². The van der Waals surface area contributed by atoms with Crippen LogP contribution >= 0.6 is 0 Å². The lowest BCUT2D eigenvalue weighted by atomic mass is 10.0. The van der Waals surface area contributed by atoms with Gasteiger partial charge in [-0.25, -0.2) is 9.18 Å². The first-order valence-corrected chi connectivity index (χ1v) is 11.1. The van der Waals surface area contributed by atoms with E-state index >= 15 is 0 Å². The highest BCUT2D eigenvalue weighted by Gasteiger charge is 2.24. The van der Waals surface area contributed by atoms with Gasteiger partial charge < -0.3 is 25.3 Å². The molecule has 33 heavy (non-hydrogen) atoms. The Kier molecular flexibility index (Phi) is 11.8. The summed E-state index contributed by atoms with van der Waals surface area (Å²) in [5.41, 5.74) is 5.79. The fourth-order valence-electron chi connectivity index (χ4n) is 3.09. The van der Waals surface area contributed by atoms with E-state index in [0.29, 0.717) is 36.8 Å². The van der Waals surface area contributed by atoms with E-state index in [1.807, 2.05) is 0 Å². The minimum Gasteiger partial charge on any atom is -0.469 e. The molecule has 0 radical (unpaired) electrons. The molecule has 0 aromatic heterocycles. The maximum Gasteiger partial charge on any atom is 0.407 e. The summed E-state index contributed by atoms with van der Waals surface area (Å²) in [6.07, 6.45) is 1.42. The van der Waals surface area contributed by atoms with Gasteiger partial charge in [0.05, 0.1) is 25.9 Å². The van der Waals surface area contributed by atoms with Crippen LogP contribution in [0.25, 0.3) is 0 Å². The molecule has 0 unspecified atom stereocenters. The van der Waals surface area contributed by atoms with E-state index in [0.717, 1.165) is 0 Å². The van der Waals surface area contributed by atoms with E-state index < -0.39 is 29.7 Å². The number of amides is 2. The van der Waals surface area contributed by atoms with Crippen LogP contribution in [0.2, 0.25) is 0 Å². The molecule has 0 bridgehead atoms. The van der Waals surface area contributed by atoms with Crippen molar-refractivity contribution in [3.8, 4) is 0 Å². The zero-order valence-corrected chi connectivity index (χ0v) is 20.2. The molecular weight excluding hydrogens is 431 g/mol. The van der Waals surface area contributed by atoms with Gasteiger partial charge in [-0.15, -0.1) is 0 Å². The fraction of sp³-hybridized carbons (Fsp3) is 0.625. The van der Waals surface area contributed by atoms with Crippen molar-refractivity contribution in [1.82, 2.24) is 5.32 Å². The van der Waals surface area contributed by atoms with E-state index in [1.54, 1.807) is 39.8 Å². The Labute approximate surface area is 195 Å². The molecule has 0 saturated carbocycles. The number of hydrogen-bond acceptors (Lipinski definition) is 6. The van der Waals surface area contributed by atoms with Crippen LogP contribution in [-0.2, 0) is 36.8 Å². The second-order valence-corrected chi connectivity index (χ2v) is 8.98. The van der Waals surface area contributed by atoms with Crippen molar-refractivity contribution in [2.45, 2.75) is 90.6 Å². The van der Waals surface area contributed by atoms with E-state index in [1.165, 1.54) is 13.2 Å². The summed E-state index contributed by atoms with van der Waals surface area (Å²) < 4.78 is 30.2. The highest BCUT2D eigenvalue weighted by atomic mass is 19.1. The molecule has 0 aliphatic heterocycles. The first kappa shape index (κ1) is 28.4. The number of unbranched alkanes of at least 4 members (excludes halogenated alkanes) is 1. The highest BCUT2D eigenvalue weighted by molar-refractivity contribution is 5.74. The molecule has 0 spiro atoms. The number of primary amides is 1. The standard InChI is InChI=1S/C24H37FN2O6/c1-16(20(12-13-21(26)28)27-23(30)33-24(2,3)4)32-15-17-10-11-18(19(25)14-17)8-6-7-9-22(29)31-5/h10-11,14,16,20H,6-9,12-13,15H2,1-5H3,(H2,26,28)(H,27,30)/t16-,20+/m1/s1. The third-order valence-corrected chi connectivity index (χ3v) is 4.91. The minimum atomic E-state index is -0.666. The Bertz CT molecular complexity index is 794. The number of hydrogen-bond donors (Lipinski definition) is 2. The number of rotatable bonds is 13. The Morgan fingerprint density at radius 2 is 1.85 bits per heavy atom. The molecule has 1 aromatic carbocycles. The summed E-state index contributed by atoms with van der Waals surface area (Å²) in [6.45, 7) is 7.14. The first-order chi connectivity index (χ1) is 15.4. The Morgan fingerprint density at radius 1 is 1.15 bits per heavy atom. The summed E-state index contributed by atoms with van der Waals surface area (Å²) in [6, 6.07) is 4.40. The summed E-state index contributed by atoms with van der Waals surface area (Å²) in [5, 5.41) is 2.73. The Morgan fingerprint density at radius 3 is 2.42 bits per heavy atom. The number of benzene rings is 1. The van der Waals surface area contributed by atoms with Crippen molar-refractivity contribution in [3.05, 3.63) is 35.1 Å². The van der Waals surface area contributed by atoms with Crippen molar-refractivity contribution >= 4 is 18.0 Å². The van der Waals surface area contributed by atoms with E-state index in [9.17, 15) is 18.8 Å².